The Morgan fingerprint density at radius 2 is 1.79 bits per heavy atom. The highest BCUT2D eigenvalue weighted by atomic mass is 16.4. The number of carboxylic acid groups (broad SMARTS) is 1. The summed E-state index contributed by atoms with van der Waals surface area (Å²) >= 11 is 0. The molecule has 0 unspecified atom stereocenters. The number of hydrogen-bond donors (Lipinski definition) is 3. The van der Waals surface area contributed by atoms with E-state index in [1.54, 1.807) is 0 Å². The molecule has 5 heteroatoms. The zero-order valence-corrected chi connectivity index (χ0v) is 12.2. The summed E-state index contributed by atoms with van der Waals surface area (Å²) < 4.78 is 0. The van der Waals surface area contributed by atoms with Crippen molar-refractivity contribution in [3.05, 3.63) is 0 Å². The van der Waals surface area contributed by atoms with Crippen LogP contribution in [0.25, 0.3) is 0 Å². The average molecular weight is 270 g/mol. The number of nitrogens with one attached hydrogen (secondary N) is 2. The molecule has 5 nitrogen and oxygen atoms in total. The minimum absolute atomic E-state index is 0.206. The molecule has 1 rings (SSSR count). The maximum atomic E-state index is 11.7. The summed E-state index contributed by atoms with van der Waals surface area (Å²) in [5.74, 6) is -0.409. The lowest BCUT2D eigenvalue weighted by Crippen LogP contribution is -2.47. The molecule has 0 heterocycles. The van der Waals surface area contributed by atoms with Crippen molar-refractivity contribution in [1.29, 1.82) is 0 Å². The van der Waals surface area contributed by atoms with E-state index in [0.29, 0.717) is 12.5 Å². The quantitative estimate of drug-likeness (QED) is 0.693. The molecule has 0 aromatic carbocycles. The summed E-state index contributed by atoms with van der Waals surface area (Å²) in [6, 6.07) is -1.24. The second kappa shape index (κ2) is 6.78. The van der Waals surface area contributed by atoms with E-state index in [4.69, 9.17) is 5.11 Å². The van der Waals surface area contributed by atoms with Gasteiger partial charge in [-0.25, -0.2) is 4.79 Å². The Morgan fingerprint density at radius 3 is 2.26 bits per heavy atom. The summed E-state index contributed by atoms with van der Waals surface area (Å²) in [6.45, 7) is 6.50. The van der Waals surface area contributed by atoms with Gasteiger partial charge in [-0.15, -0.1) is 0 Å². The summed E-state index contributed by atoms with van der Waals surface area (Å²) in [5.41, 5.74) is 0.206. The van der Waals surface area contributed by atoms with Crippen molar-refractivity contribution in [2.45, 2.75) is 58.9 Å². The number of carboxylic acids is 1. The molecular weight excluding hydrogens is 244 g/mol. The van der Waals surface area contributed by atoms with Gasteiger partial charge in [-0.2, -0.15) is 0 Å². The van der Waals surface area contributed by atoms with Crippen molar-refractivity contribution in [2.75, 3.05) is 6.54 Å². The van der Waals surface area contributed by atoms with E-state index in [0.717, 1.165) is 19.3 Å². The van der Waals surface area contributed by atoms with E-state index < -0.39 is 12.0 Å². The van der Waals surface area contributed by atoms with Crippen LogP contribution in [0.3, 0.4) is 0 Å². The van der Waals surface area contributed by atoms with Crippen LogP contribution >= 0.6 is 0 Å². The largest absolute Gasteiger partial charge is 0.480 e. The maximum absolute atomic E-state index is 11.7. The molecule has 0 bridgehead atoms. The maximum Gasteiger partial charge on any atom is 0.325 e. The van der Waals surface area contributed by atoms with Crippen molar-refractivity contribution in [3.8, 4) is 0 Å². The van der Waals surface area contributed by atoms with Gasteiger partial charge < -0.3 is 15.7 Å². The van der Waals surface area contributed by atoms with Gasteiger partial charge in [0, 0.05) is 6.54 Å². The highest BCUT2D eigenvalue weighted by Crippen LogP contribution is 2.42. The Bertz CT molecular complexity index is 323. The van der Waals surface area contributed by atoms with E-state index in [1.165, 1.54) is 19.8 Å². The zero-order valence-electron chi connectivity index (χ0n) is 12.2. The van der Waals surface area contributed by atoms with Gasteiger partial charge in [0.15, 0.2) is 0 Å². The van der Waals surface area contributed by atoms with Gasteiger partial charge in [-0.05, 0) is 37.5 Å². The van der Waals surface area contributed by atoms with Crippen molar-refractivity contribution >= 4 is 12.0 Å². The van der Waals surface area contributed by atoms with Gasteiger partial charge in [0.05, 0.1) is 0 Å². The molecule has 0 aromatic rings. The van der Waals surface area contributed by atoms with Crippen LogP contribution in [0.5, 0.6) is 0 Å². The van der Waals surface area contributed by atoms with Crippen LogP contribution in [-0.4, -0.2) is 29.7 Å². The Balaban J connectivity index is 2.44. The highest BCUT2D eigenvalue weighted by Gasteiger charge is 2.34. The first-order valence-corrected chi connectivity index (χ1v) is 7.12. The molecule has 1 aliphatic rings. The van der Waals surface area contributed by atoms with Gasteiger partial charge in [0.2, 0.25) is 0 Å². The molecule has 1 aliphatic carbocycles. The Labute approximate surface area is 115 Å². The number of hydrogen-bond acceptors (Lipinski definition) is 2. The molecule has 110 valence electrons. The standard InChI is InChI=1S/C14H26N2O3/c1-10(2)8-14(6-4-5-7-14)9-15-13(19)16-11(3)12(17)18/h10-11H,4-9H2,1-3H3,(H,17,18)(H2,15,16,19)/t11-/m1/s1. The van der Waals surface area contributed by atoms with Crippen LogP contribution in [0.15, 0.2) is 0 Å². The Hall–Kier alpha value is -1.26. The van der Waals surface area contributed by atoms with Crippen LogP contribution in [0.4, 0.5) is 4.79 Å². The fraction of sp³-hybridized carbons (Fsp3) is 0.857. The number of carbonyl (C=O) groups excluding carboxylic acids is 1. The molecule has 3 N–H and O–H groups in total. The lowest BCUT2D eigenvalue weighted by molar-refractivity contribution is -0.138. The van der Waals surface area contributed by atoms with Gasteiger partial charge >= 0.3 is 12.0 Å². The summed E-state index contributed by atoms with van der Waals surface area (Å²) in [7, 11) is 0. The van der Waals surface area contributed by atoms with Crippen molar-refractivity contribution in [2.24, 2.45) is 11.3 Å². The predicted molar refractivity (Wildman–Crippen MR) is 74.0 cm³/mol. The molecule has 0 saturated heterocycles. The monoisotopic (exact) mass is 270 g/mol. The van der Waals surface area contributed by atoms with E-state index in [9.17, 15) is 9.59 Å². The number of carbonyl (C=O) groups is 2. The first-order chi connectivity index (χ1) is 8.84. The topological polar surface area (TPSA) is 78.4 Å². The molecule has 1 fully saturated rings. The Morgan fingerprint density at radius 1 is 1.21 bits per heavy atom. The summed E-state index contributed by atoms with van der Waals surface area (Å²) in [4.78, 5) is 22.3. The van der Waals surface area contributed by atoms with Crippen LogP contribution in [0, 0.1) is 11.3 Å². The minimum Gasteiger partial charge on any atom is -0.480 e. The summed E-state index contributed by atoms with van der Waals surface area (Å²) in [6.07, 6.45) is 5.87. The third-order valence-corrected chi connectivity index (χ3v) is 3.85. The average Bonchev–Trinajstić information content (AvgIpc) is 2.74. The molecule has 2 amide bonds. The molecule has 1 atom stereocenters. The molecular formula is C14H26N2O3. The fourth-order valence-corrected chi connectivity index (χ4v) is 3.02. The van der Waals surface area contributed by atoms with Crippen molar-refractivity contribution < 1.29 is 14.7 Å². The second-order valence-electron chi connectivity index (χ2n) is 6.19. The lowest BCUT2D eigenvalue weighted by atomic mass is 9.78. The lowest BCUT2D eigenvalue weighted by Gasteiger charge is -2.31. The van der Waals surface area contributed by atoms with Gasteiger partial charge in [-0.3, -0.25) is 4.79 Å². The van der Waals surface area contributed by atoms with Crippen LogP contribution in [0.2, 0.25) is 0 Å². The number of urea groups is 1. The first-order valence-electron chi connectivity index (χ1n) is 7.12. The first kappa shape index (κ1) is 15.8. The van der Waals surface area contributed by atoms with E-state index in [1.807, 2.05) is 0 Å². The van der Waals surface area contributed by atoms with E-state index >= 15 is 0 Å². The number of amides is 2. The van der Waals surface area contributed by atoms with Crippen LogP contribution in [0.1, 0.15) is 52.9 Å². The normalized spacial score (nSPS) is 19.2. The third-order valence-electron chi connectivity index (χ3n) is 3.85. The second-order valence-corrected chi connectivity index (χ2v) is 6.19. The van der Waals surface area contributed by atoms with Crippen molar-refractivity contribution in [3.63, 3.8) is 0 Å². The minimum atomic E-state index is -1.02. The van der Waals surface area contributed by atoms with Gasteiger partial charge in [-0.1, -0.05) is 26.7 Å². The molecule has 0 spiro atoms. The Kier molecular flexibility index (Phi) is 5.63. The van der Waals surface area contributed by atoms with Crippen LogP contribution < -0.4 is 10.6 Å². The number of rotatable bonds is 6. The third kappa shape index (κ3) is 5.09. The van der Waals surface area contributed by atoms with E-state index in [-0.39, 0.29) is 11.4 Å². The molecule has 1 saturated carbocycles. The fourth-order valence-electron chi connectivity index (χ4n) is 3.02. The van der Waals surface area contributed by atoms with Crippen LogP contribution in [-0.2, 0) is 4.79 Å². The molecule has 19 heavy (non-hydrogen) atoms. The smallest absolute Gasteiger partial charge is 0.325 e. The SMILES string of the molecule is CC(C)CC1(CNC(=O)N[C@H](C)C(=O)O)CCCC1. The van der Waals surface area contributed by atoms with Gasteiger partial charge in [0.1, 0.15) is 6.04 Å². The predicted octanol–water partition coefficient (Wildman–Crippen LogP) is 2.37. The zero-order chi connectivity index (χ0) is 14.5. The summed E-state index contributed by atoms with van der Waals surface area (Å²) in [5, 5.41) is 14.0. The van der Waals surface area contributed by atoms with Gasteiger partial charge in [0.25, 0.3) is 0 Å². The highest BCUT2D eigenvalue weighted by molar-refractivity contribution is 5.82. The van der Waals surface area contributed by atoms with Crippen molar-refractivity contribution in [1.82, 2.24) is 10.6 Å². The molecule has 0 aromatic heterocycles. The van der Waals surface area contributed by atoms with E-state index in [2.05, 4.69) is 24.5 Å². The molecule has 0 radical (unpaired) electrons. The molecule has 0 aliphatic heterocycles. The number of aliphatic carboxylic acids is 1.